The quantitative estimate of drug-likeness (QED) is 0.517. The van der Waals surface area contributed by atoms with Gasteiger partial charge in [-0.1, -0.05) is 5.92 Å². The van der Waals surface area contributed by atoms with Gasteiger partial charge in [0.1, 0.15) is 5.82 Å². The molecule has 14 heavy (non-hydrogen) atoms. The summed E-state index contributed by atoms with van der Waals surface area (Å²) < 4.78 is 12.7. The predicted octanol–water partition coefficient (Wildman–Crippen LogP) is 2.73. The molecule has 72 valence electrons. The first-order valence-electron chi connectivity index (χ1n) is 4.34. The monoisotopic (exact) mass is 190 g/mol. The van der Waals surface area contributed by atoms with Crippen LogP contribution in [0.2, 0.25) is 0 Å². The third kappa shape index (κ3) is 2.43. The van der Waals surface area contributed by atoms with Gasteiger partial charge in [-0.3, -0.25) is 4.79 Å². The highest BCUT2D eigenvalue weighted by atomic mass is 19.1. The van der Waals surface area contributed by atoms with Crippen molar-refractivity contribution in [1.82, 2.24) is 0 Å². The minimum Gasteiger partial charge on any atom is -0.293 e. The number of benzene rings is 1. The molecular weight excluding hydrogens is 179 g/mol. The lowest BCUT2D eigenvalue weighted by Crippen LogP contribution is -2.00. The summed E-state index contributed by atoms with van der Waals surface area (Å²) in [7, 11) is 0. The van der Waals surface area contributed by atoms with Crippen molar-refractivity contribution >= 4 is 5.78 Å². The molecular formula is C12H11FO. The third-order valence-electron chi connectivity index (χ3n) is 1.91. The zero-order valence-electron chi connectivity index (χ0n) is 8.23. The molecule has 0 aliphatic heterocycles. The minimum absolute atomic E-state index is 0.0585. The topological polar surface area (TPSA) is 17.1 Å². The summed E-state index contributed by atoms with van der Waals surface area (Å²) >= 11 is 0. The number of carbonyl (C=O) groups is 1. The Kier molecular flexibility index (Phi) is 3.41. The van der Waals surface area contributed by atoms with E-state index >= 15 is 0 Å². The lowest BCUT2D eigenvalue weighted by molar-refractivity contribution is 0.0997. The summed E-state index contributed by atoms with van der Waals surface area (Å²) in [6, 6.07) is 4.15. The van der Waals surface area contributed by atoms with Gasteiger partial charge in [-0.15, -0.1) is 5.92 Å². The van der Waals surface area contributed by atoms with Crippen molar-refractivity contribution in [3.8, 4) is 11.8 Å². The SMILES string of the molecule is CC#CCC(=O)c1ccc(F)cc1C. The number of ketones is 1. The maximum absolute atomic E-state index is 12.7. The summed E-state index contributed by atoms with van der Waals surface area (Å²) in [5.74, 6) is 4.97. The molecule has 0 unspecified atom stereocenters. The molecule has 0 fully saturated rings. The molecule has 1 aromatic carbocycles. The smallest absolute Gasteiger partial charge is 0.174 e. The summed E-state index contributed by atoms with van der Waals surface area (Å²) in [5, 5.41) is 0. The third-order valence-corrected chi connectivity index (χ3v) is 1.91. The zero-order chi connectivity index (χ0) is 10.6. The van der Waals surface area contributed by atoms with E-state index in [1.165, 1.54) is 18.2 Å². The Morgan fingerprint density at radius 1 is 1.50 bits per heavy atom. The highest BCUT2D eigenvalue weighted by Crippen LogP contribution is 2.11. The fourth-order valence-electron chi connectivity index (χ4n) is 1.20. The van der Waals surface area contributed by atoms with Gasteiger partial charge in [0.2, 0.25) is 0 Å². The fraction of sp³-hybridized carbons (Fsp3) is 0.250. The fourth-order valence-corrected chi connectivity index (χ4v) is 1.20. The van der Waals surface area contributed by atoms with Gasteiger partial charge >= 0.3 is 0 Å². The predicted molar refractivity (Wildman–Crippen MR) is 53.5 cm³/mol. The maximum Gasteiger partial charge on any atom is 0.174 e. The van der Waals surface area contributed by atoms with E-state index in [0.29, 0.717) is 11.1 Å². The molecule has 0 aliphatic carbocycles. The second kappa shape index (κ2) is 4.57. The van der Waals surface area contributed by atoms with Crippen LogP contribution < -0.4 is 0 Å². The Hall–Kier alpha value is -1.62. The van der Waals surface area contributed by atoms with E-state index in [1.807, 2.05) is 0 Å². The molecule has 0 amide bonds. The molecule has 1 rings (SSSR count). The van der Waals surface area contributed by atoms with Crippen LogP contribution in [-0.4, -0.2) is 5.78 Å². The average molecular weight is 190 g/mol. The number of hydrogen-bond acceptors (Lipinski definition) is 1. The van der Waals surface area contributed by atoms with E-state index in [2.05, 4.69) is 11.8 Å². The molecule has 0 saturated carbocycles. The zero-order valence-corrected chi connectivity index (χ0v) is 8.23. The molecule has 1 aromatic rings. The van der Waals surface area contributed by atoms with E-state index < -0.39 is 0 Å². The largest absolute Gasteiger partial charge is 0.293 e. The molecule has 0 heterocycles. The van der Waals surface area contributed by atoms with Crippen LogP contribution >= 0.6 is 0 Å². The summed E-state index contributed by atoms with van der Waals surface area (Å²) in [6.45, 7) is 3.40. The summed E-state index contributed by atoms with van der Waals surface area (Å²) in [5.41, 5.74) is 1.21. The maximum atomic E-state index is 12.7. The van der Waals surface area contributed by atoms with Crippen LogP contribution in [0.4, 0.5) is 4.39 Å². The van der Waals surface area contributed by atoms with Crippen LogP contribution in [0, 0.1) is 24.6 Å². The van der Waals surface area contributed by atoms with Gasteiger partial charge in [-0.2, -0.15) is 0 Å². The van der Waals surface area contributed by atoms with Crippen molar-refractivity contribution in [2.75, 3.05) is 0 Å². The number of rotatable bonds is 2. The summed E-state index contributed by atoms with van der Waals surface area (Å²) in [4.78, 5) is 11.5. The van der Waals surface area contributed by atoms with Crippen LogP contribution in [0.15, 0.2) is 18.2 Å². The average Bonchev–Trinajstić information content (AvgIpc) is 2.14. The lowest BCUT2D eigenvalue weighted by Gasteiger charge is -2.01. The van der Waals surface area contributed by atoms with Crippen LogP contribution in [0.5, 0.6) is 0 Å². The Morgan fingerprint density at radius 3 is 2.79 bits per heavy atom. The van der Waals surface area contributed by atoms with Crippen LogP contribution in [0.25, 0.3) is 0 Å². The van der Waals surface area contributed by atoms with Crippen molar-refractivity contribution in [3.63, 3.8) is 0 Å². The molecule has 0 spiro atoms. The van der Waals surface area contributed by atoms with Crippen molar-refractivity contribution in [2.45, 2.75) is 20.3 Å². The molecule has 0 radical (unpaired) electrons. The van der Waals surface area contributed by atoms with E-state index in [0.717, 1.165) is 0 Å². The number of halogens is 1. The van der Waals surface area contributed by atoms with Gasteiger partial charge in [0.25, 0.3) is 0 Å². The van der Waals surface area contributed by atoms with Gasteiger partial charge < -0.3 is 0 Å². The second-order valence-corrected chi connectivity index (χ2v) is 2.99. The number of aryl methyl sites for hydroxylation is 1. The Balaban J connectivity index is 2.94. The highest BCUT2D eigenvalue weighted by molar-refractivity contribution is 5.98. The molecule has 0 atom stereocenters. The van der Waals surface area contributed by atoms with Crippen molar-refractivity contribution in [1.29, 1.82) is 0 Å². The van der Waals surface area contributed by atoms with E-state index in [1.54, 1.807) is 13.8 Å². The van der Waals surface area contributed by atoms with Gasteiger partial charge in [0.15, 0.2) is 5.78 Å². The standard InChI is InChI=1S/C12H11FO/c1-3-4-5-12(14)11-7-6-10(13)8-9(11)2/h6-8H,5H2,1-2H3. The van der Waals surface area contributed by atoms with E-state index in [9.17, 15) is 9.18 Å². The number of hydrogen-bond donors (Lipinski definition) is 0. The van der Waals surface area contributed by atoms with E-state index in [4.69, 9.17) is 0 Å². The second-order valence-electron chi connectivity index (χ2n) is 2.99. The van der Waals surface area contributed by atoms with E-state index in [-0.39, 0.29) is 18.0 Å². The first kappa shape index (κ1) is 10.5. The van der Waals surface area contributed by atoms with Crippen molar-refractivity contribution < 1.29 is 9.18 Å². The molecule has 2 heteroatoms. The number of Topliss-reactive ketones (excluding diaryl/α,β-unsaturated/α-hetero) is 1. The molecule has 1 nitrogen and oxygen atoms in total. The minimum atomic E-state index is -0.319. The highest BCUT2D eigenvalue weighted by Gasteiger charge is 2.07. The van der Waals surface area contributed by atoms with Gasteiger partial charge in [0, 0.05) is 5.56 Å². The van der Waals surface area contributed by atoms with Gasteiger partial charge in [-0.05, 0) is 37.6 Å². The first-order valence-corrected chi connectivity index (χ1v) is 4.34. The van der Waals surface area contributed by atoms with Crippen LogP contribution in [0.3, 0.4) is 0 Å². The Bertz CT molecular complexity index is 410. The van der Waals surface area contributed by atoms with Crippen LogP contribution in [-0.2, 0) is 0 Å². The van der Waals surface area contributed by atoms with Crippen LogP contribution in [0.1, 0.15) is 29.3 Å². The molecule has 0 N–H and O–H groups in total. The normalized spacial score (nSPS) is 9.07. The van der Waals surface area contributed by atoms with Crippen molar-refractivity contribution in [2.24, 2.45) is 0 Å². The summed E-state index contributed by atoms with van der Waals surface area (Å²) in [6.07, 6.45) is 0.197. The Morgan fingerprint density at radius 2 is 2.21 bits per heavy atom. The first-order chi connectivity index (χ1) is 6.65. The number of carbonyl (C=O) groups excluding carboxylic acids is 1. The molecule has 0 aliphatic rings. The molecule has 0 bridgehead atoms. The van der Waals surface area contributed by atoms with Crippen molar-refractivity contribution in [3.05, 3.63) is 35.1 Å². The molecule has 0 aromatic heterocycles. The van der Waals surface area contributed by atoms with Gasteiger partial charge in [-0.25, -0.2) is 4.39 Å². The lowest BCUT2D eigenvalue weighted by atomic mass is 10.0. The Labute approximate surface area is 82.9 Å². The van der Waals surface area contributed by atoms with Gasteiger partial charge in [0.05, 0.1) is 6.42 Å². The molecule has 0 saturated heterocycles.